The third-order valence-corrected chi connectivity index (χ3v) is 6.93. The summed E-state index contributed by atoms with van der Waals surface area (Å²) in [4.78, 5) is 0. The van der Waals surface area contributed by atoms with Crippen molar-refractivity contribution in [3.05, 3.63) is 35.4 Å². The molecular weight excluding hydrogens is 367 g/mol. The van der Waals surface area contributed by atoms with E-state index in [1.165, 1.54) is 12.1 Å². The highest BCUT2D eigenvalue weighted by atomic mass is 31.2. The highest BCUT2D eigenvalue weighted by Gasteiger charge is 2.37. The zero-order valence-electron chi connectivity index (χ0n) is 13.4. The van der Waals surface area contributed by atoms with Gasteiger partial charge in [-0.2, -0.15) is 13.2 Å². The standard InChI is InChI=1S/C14H20F3O5P2/c1-3-21-24(19,22-4-2)11-23(18)20-10-9-12-5-7-13(8-6-12)14(15,16)17/h5-8H,3-4,9-11H2,1-2H3/q+1. The summed E-state index contributed by atoms with van der Waals surface area (Å²) in [6.45, 7) is 3.63. The SMILES string of the molecule is CCOP(=O)(C[P+](=O)OCCc1ccc(C(F)(F)F)cc1)OCC. The lowest BCUT2D eigenvalue weighted by Crippen LogP contribution is -2.05. The third-order valence-electron chi connectivity index (χ3n) is 2.85. The summed E-state index contributed by atoms with van der Waals surface area (Å²) in [6.07, 6.45) is -4.09. The predicted octanol–water partition coefficient (Wildman–Crippen LogP) is 5.23. The minimum Gasteiger partial charge on any atom is -0.306 e. The van der Waals surface area contributed by atoms with Crippen LogP contribution in [0.2, 0.25) is 0 Å². The van der Waals surface area contributed by atoms with Gasteiger partial charge in [0.1, 0.15) is 6.61 Å². The van der Waals surface area contributed by atoms with E-state index in [2.05, 4.69) is 0 Å². The lowest BCUT2D eigenvalue weighted by Gasteiger charge is -2.11. The lowest BCUT2D eigenvalue weighted by atomic mass is 10.1. The largest absolute Gasteiger partial charge is 0.521 e. The molecule has 0 fully saturated rings. The fraction of sp³-hybridized carbons (Fsp3) is 0.571. The Morgan fingerprint density at radius 1 is 1.08 bits per heavy atom. The molecule has 0 saturated heterocycles. The van der Waals surface area contributed by atoms with Gasteiger partial charge in [-0.3, -0.25) is 4.57 Å². The van der Waals surface area contributed by atoms with Crippen molar-refractivity contribution in [2.24, 2.45) is 0 Å². The maximum atomic E-state index is 12.4. The summed E-state index contributed by atoms with van der Waals surface area (Å²) in [6, 6.07) is 4.64. The summed E-state index contributed by atoms with van der Waals surface area (Å²) in [5.74, 6) is -0.350. The molecule has 1 rings (SSSR count). The molecule has 5 nitrogen and oxygen atoms in total. The first-order valence-corrected chi connectivity index (χ1v) is 10.4. The smallest absolute Gasteiger partial charge is 0.306 e. The molecule has 0 heterocycles. The van der Waals surface area contributed by atoms with Crippen LogP contribution < -0.4 is 0 Å². The maximum absolute atomic E-state index is 12.4. The van der Waals surface area contributed by atoms with Gasteiger partial charge in [0.25, 0.3) is 5.90 Å². The van der Waals surface area contributed by atoms with Crippen LogP contribution in [-0.2, 0) is 35.3 Å². The van der Waals surface area contributed by atoms with Crippen molar-refractivity contribution < 1.29 is 35.9 Å². The molecule has 1 unspecified atom stereocenters. The number of rotatable bonds is 10. The van der Waals surface area contributed by atoms with Gasteiger partial charge in [-0.1, -0.05) is 12.1 Å². The monoisotopic (exact) mass is 387 g/mol. The third kappa shape index (κ3) is 7.41. The van der Waals surface area contributed by atoms with E-state index in [-0.39, 0.29) is 32.1 Å². The Morgan fingerprint density at radius 3 is 2.08 bits per heavy atom. The zero-order chi connectivity index (χ0) is 18.2. The van der Waals surface area contributed by atoms with Crippen LogP contribution in [0.15, 0.2) is 24.3 Å². The van der Waals surface area contributed by atoms with E-state index in [0.717, 1.165) is 12.1 Å². The van der Waals surface area contributed by atoms with Gasteiger partial charge < -0.3 is 9.05 Å². The number of halogens is 3. The van der Waals surface area contributed by atoms with E-state index in [1.807, 2.05) is 0 Å². The van der Waals surface area contributed by atoms with E-state index in [9.17, 15) is 22.3 Å². The van der Waals surface area contributed by atoms with Crippen LogP contribution in [0.3, 0.4) is 0 Å². The molecule has 0 aromatic heterocycles. The molecule has 1 atom stereocenters. The normalized spacial score (nSPS) is 13.1. The molecule has 10 heteroatoms. The molecule has 0 bridgehead atoms. The van der Waals surface area contributed by atoms with Crippen LogP contribution >= 0.6 is 15.6 Å². The second-order valence-corrected chi connectivity index (χ2v) is 8.49. The second-order valence-electron chi connectivity index (χ2n) is 4.70. The number of alkyl halides is 3. The van der Waals surface area contributed by atoms with Crippen LogP contribution in [0.4, 0.5) is 13.2 Å². The number of benzene rings is 1. The summed E-state index contributed by atoms with van der Waals surface area (Å²) >= 11 is 0. The van der Waals surface area contributed by atoms with Gasteiger partial charge in [-0.25, -0.2) is 0 Å². The molecular formula is C14H20F3O5P2+. The summed E-state index contributed by atoms with van der Waals surface area (Å²) in [7, 11) is -5.70. The van der Waals surface area contributed by atoms with Crippen LogP contribution in [0, 0.1) is 0 Å². The van der Waals surface area contributed by atoms with E-state index in [0.29, 0.717) is 5.56 Å². The van der Waals surface area contributed by atoms with Gasteiger partial charge in [0.2, 0.25) is 0 Å². The Bertz CT molecular complexity index is 565. The fourth-order valence-electron chi connectivity index (χ4n) is 1.82. The van der Waals surface area contributed by atoms with Gasteiger partial charge in [0.05, 0.1) is 18.8 Å². The molecule has 0 aliphatic heterocycles. The molecule has 0 N–H and O–H groups in total. The van der Waals surface area contributed by atoms with Crippen molar-refractivity contribution in [1.82, 2.24) is 0 Å². The van der Waals surface area contributed by atoms with Crippen molar-refractivity contribution in [2.75, 3.05) is 25.7 Å². The van der Waals surface area contributed by atoms with Crippen LogP contribution in [0.25, 0.3) is 0 Å². The maximum Gasteiger partial charge on any atom is 0.521 e. The molecule has 0 aliphatic rings. The number of hydrogen-bond donors (Lipinski definition) is 0. The quantitative estimate of drug-likeness (QED) is 0.515. The summed E-state index contributed by atoms with van der Waals surface area (Å²) < 4.78 is 76.5. The molecule has 0 amide bonds. The highest BCUT2D eigenvalue weighted by molar-refractivity contribution is 7.65. The summed E-state index contributed by atoms with van der Waals surface area (Å²) in [5.41, 5.74) is -0.114. The predicted molar refractivity (Wildman–Crippen MR) is 84.4 cm³/mol. The first-order valence-electron chi connectivity index (χ1n) is 7.32. The van der Waals surface area contributed by atoms with Crippen LogP contribution in [-0.4, -0.2) is 25.7 Å². The van der Waals surface area contributed by atoms with Gasteiger partial charge in [0, 0.05) is 6.42 Å². The average molecular weight is 387 g/mol. The van der Waals surface area contributed by atoms with Crippen molar-refractivity contribution in [3.63, 3.8) is 0 Å². The van der Waals surface area contributed by atoms with Crippen molar-refractivity contribution in [1.29, 1.82) is 0 Å². The fourth-order valence-corrected chi connectivity index (χ4v) is 5.09. The Kier molecular flexibility index (Phi) is 8.54. The van der Waals surface area contributed by atoms with E-state index < -0.39 is 27.4 Å². The molecule has 0 spiro atoms. The van der Waals surface area contributed by atoms with E-state index in [1.54, 1.807) is 13.8 Å². The Hall–Kier alpha value is -0.780. The van der Waals surface area contributed by atoms with Crippen LogP contribution in [0.1, 0.15) is 25.0 Å². The van der Waals surface area contributed by atoms with Gasteiger partial charge >= 0.3 is 21.8 Å². The Morgan fingerprint density at radius 2 is 1.62 bits per heavy atom. The topological polar surface area (TPSA) is 61.8 Å². The minimum absolute atomic E-state index is 0.0266. The Labute approximate surface area is 139 Å². The average Bonchev–Trinajstić information content (AvgIpc) is 2.47. The van der Waals surface area contributed by atoms with Crippen molar-refractivity contribution >= 4 is 15.6 Å². The zero-order valence-corrected chi connectivity index (χ0v) is 15.2. The van der Waals surface area contributed by atoms with Gasteiger partial charge in [0.15, 0.2) is 0 Å². The molecule has 0 saturated carbocycles. The molecule has 1 aromatic rings. The number of hydrogen-bond acceptors (Lipinski definition) is 5. The lowest BCUT2D eigenvalue weighted by molar-refractivity contribution is -0.137. The van der Waals surface area contributed by atoms with Gasteiger partial charge in [-0.15, -0.1) is 4.52 Å². The summed E-state index contributed by atoms with van der Waals surface area (Å²) in [5, 5.41) is 0. The molecule has 0 aliphatic carbocycles. The first kappa shape index (κ1) is 21.3. The first-order chi connectivity index (χ1) is 11.2. The van der Waals surface area contributed by atoms with Gasteiger partial charge in [-0.05, 0) is 36.1 Å². The molecule has 1 aromatic carbocycles. The minimum atomic E-state index is -4.38. The molecule has 136 valence electrons. The van der Waals surface area contributed by atoms with E-state index >= 15 is 0 Å². The molecule has 0 radical (unpaired) electrons. The highest BCUT2D eigenvalue weighted by Crippen LogP contribution is 2.54. The molecule has 24 heavy (non-hydrogen) atoms. The van der Waals surface area contributed by atoms with Crippen molar-refractivity contribution in [3.8, 4) is 0 Å². The van der Waals surface area contributed by atoms with Crippen LogP contribution in [0.5, 0.6) is 0 Å². The van der Waals surface area contributed by atoms with Crippen molar-refractivity contribution in [2.45, 2.75) is 26.4 Å². The Balaban J connectivity index is 2.46. The van der Waals surface area contributed by atoms with E-state index in [4.69, 9.17) is 13.6 Å². The second kappa shape index (κ2) is 9.64.